The van der Waals surface area contributed by atoms with E-state index in [1.165, 1.54) is 24.5 Å². The van der Waals surface area contributed by atoms with Gasteiger partial charge in [0.1, 0.15) is 5.58 Å². The zero-order chi connectivity index (χ0) is 20.4. The van der Waals surface area contributed by atoms with Crippen LogP contribution in [0.3, 0.4) is 0 Å². The van der Waals surface area contributed by atoms with Crippen LogP contribution in [0.4, 0.5) is 5.69 Å². The number of ether oxygens (including phenoxy) is 1. The van der Waals surface area contributed by atoms with Gasteiger partial charge in [-0.25, -0.2) is 0 Å². The van der Waals surface area contributed by atoms with Crippen molar-refractivity contribution in [1.82, 2.24) is 0 Å². The molecule has 3 rings (SSSR count). The number of hydrogen-bond acceptors (Lipinski definition) is 6. The predicted molar refractivity (Wildman–Crippen MR) is 103 cm³/mol. The molecule has 0 spiro atoms. The van der Waals surface area contributed by atoms with Crippen molar-refractivity contribution in [2.24, 2.45) is 0 Å². The molecule has 2 aromatic carbocycles. The molecule has 0 amide bonds. The van der Waals surface area contributed by atoms with Crippen LogP contribution in [0, 0.1) is 30.9 Å². The molecule has 0 radical (unpaired) electrons. The molecule has 0 fully saturated rings. The van der Waals surface area contributed by atoms with E-state index in [0.29, 0.717) is 16.7 Å². The number of carbonyl (C=O) groups excluding carboxylic acids is 2. The molecule has 1 heterocycles. The van der Waals surface area contributed by atoms with Crippen molar-refractivity contribution in [3.8, 4) is 0 Å². The third-order valence-corrected chi connectivity index (χ3v) is 4.70. The number of carbonyl (C=O) groups is 2. The standard InChI is InChI=1S/C21H19NO6/c1-12-4-5-15(8-18(12)22(25)26)19(23)11-28-21(24)9-16-10-27-20-7-14(3)13(2)6-17(16)20/h4-8,10H,9,11H2,1-3H3. The summed E-state index contributed by atoms with van der Waals surface area (Å²) in [7, 11) is 0. The Balaban J connectivity index is 1.66. The van der Waals surface area contributed by atoms with Crippen molar-refractivity contribution >= 4 is 28.4 Å². The molecular weight excluding hydrogens is 362 g/mol. The fourth-order valence-electron chi connectivity index (χ4n) is 2.89. The molecule has 0 saturated carbocycles. The Bertz CT molecular complexity index is 1100. The van der Waals surface area contributed by atoms with Crippen molar-refractivity contribution in [1.29, 1.82) is 0 Å². The Morgan fingerprint density at radius 3 is 2.50 bits per heavy atom. The number of aryl methyl sites for hydroxylation is 3. The lowest BCUT2D eigenvalue weighted by molar-refractivity contribution is -0.385. The molecule has 0 N–H and O–H groups in total. The number of fused-ring (bicyclic) bond motifs is 1. The van der Waals surface area contributed by atoms with Crippen LogP contribution in [0.15, 0.2) is 41.0 Å². The topological polar surface area (TPSA) is 99.7 Å². The van der Waals surface area contributed by atoms with Crippen molar-refractivity contribution in [3.05, 3.63) is 74.5 Å². The van der Waals surface area contributed by atoms with Crippen molar-refractivity contribution in [2.75, 3.05) is 6.61 Å². The Kier molecular flexibility index (Phi) is 5.26. The number of esters is 1. The fourth-order valence-corrected chi connectivity index (χ4v) is 2.89. The van der Waals surface area contributed by atoms with Gasteiger partial charge in [-0.1, -0.05) is 12.1 Å². The van der Waals surface area contributed by atoms with Gasteiger partial charge in [0.25, 0.3) is 5.69 Å². The molecule has 0 aliphatic heterocycles. The minimum absolute atomic E-state index is 0.0309. The van der Waals surface area contributed by atoms with E-state index in [2.05, 4.69) is 0 Å². The smallest absolute Gasteiger partial charge is 0.310 e. The summed E-state index contributed by atoms with van der Waals surface area (Å²) in [6.45, 7) is 5.06. The second kappa shape index (κ2) is 7.64. The van der Waals surface area contributed by atoms with Crippen LogP contribution in [0.2, 0.25) is 0 Å². The number of hydrogen-bond donors (Lipinski definition) is 0. The van der Waals surface area contributed by atoms with E-state index in [1.807, 2.05) is 26.0 Å². The van der Waals surface area contributed by atoms with Crippen LogP contribution in [0.1, 0.15) is 32.6 Å². The highest BCUT2D eigenvalue weighted by Gasteiger charge is 2.17. The molecule has 0 saturated heterocycles. The first-order chi connectivity index (χ1) is 13.3. The van der Waals surface area contributed by atoms with Crippen LogP contribution in [0.25, 0.3) is 11.0 Å². The summed E-state index contributed by atoms with van der Waals surface area (Å²) in [5.74, 6) is -1.07. The lowest BCUT2D eigenvalue weighted by Gasteiger charge is -2.05. The largest absolute Gasteiger partial charge is 0.464 e. The van der Waals surface area contributed by atoms with Gasteiger partial charge in [-0.2, -0.15) is 0 Å². The third kappa shape index (κ3) is 3.93. The zero-order valence-corrected chi connectivity index (χ0v) is 15.8. The Labute approximate surface area is 161 Å². The molecule has 7 heteroatoms. The molecule has 28 heavy (non-hydrogen) atoms. The Morgan fingerprint density at radius 1 is 1.07 bits per heavy atom. The number of nitro groups is 1. The lowest BCUT2D eigenvalue weighted by atomic mass is 10.0. The second-order valence-corrected chi connectivity index (χ2v) is 6.71. The van der Waals surface area contributed by atoms with Crippen LogP contribution in [-0.2, 0) is 16.0 Å². The summed E-state index contributed by atoms with van der Waals surface area (Å²) < 4.78 is 10.6. The molecule has 0 aliphatic rings. The van der Waals surface area contributed by atoms with E-state index in [0.717, 1.165) is 16.5 Å². The van der Waals surface area contributed by atoms with Gasteiger partial charge in [0.2, 0.25) is 5.78 Å². The second-order valence-electron chi connectivity index (χ2n) is 6.71. The van der Waals surface area contributed by atoms with Crippen molar-refractivity contribution < 1.29 is 23.7 Å². The first-order valence-electron chi connectivity index (χ1n) is 8.67. The maximum absolute atomic E-state index is 12.2. The summed E-state index contributed by atoms with van der Waals surface area (Å²) in [5, 5.41) is 11.8. The first-order valence-corrected chi connectivity index (χ1v) is 8.67. The van der Waals surface area contributed by atoms with Gasteiger partial charge in [0.15, 0.2) is 6.61 Å². The number of Topliss-reactive ketones (excluding diaryl/α,β-unsaturated/α-hetero) is 1. The normalized spacial score (nSPS) is 10.8. The summed E-state index contributed by atoms with van der Waals surface area (Å²) >= 11 is 0. The summed E-state index contributed by atoms with van der Waals surface area (Å²) in [6.07, 6.45) is 1.48. The number of furan rings is 1. The van der Waals surface area contributed by atoms with E-state index in [9.17, 15) is 19.7 Å². The third-order valence-electron chi connectivity index (χ3n) is 4.70. The average Bonchev–Trinajstić information content (AvgIpc) is 3.01. The quantitative estimate of drug-likeness (QED) is 0.274. The van der Waals surface area contributed by atoms with Gasteiger partial charge < -0.3 is 9.15 Å². The summed E-state index contributed by atoms with van der Waals surface area (Å²) in [5.41, 5.74) is 3.98. The van der Waals surface area contributed by atoms with E-state index >= 15 is 0 Å². The highest BCUT2D eigenvalue weighted by atomic mass is 16.6. The van der Waals surface area contributed by atoms with Gasteiger partial charge in [-0.3, -0.25) is 19.7 Å². The van der Waals surface area contributed by atoms with Crippen LogP contribution in [0.5, 0.6) is 0 Å². The number of ketones is 1. The van der Waals surface area contributed by atoms with Gasteiger partial charge in [0, 0.05) is 28.1 Å². The molecule has 1 aromatic heterocycles. The van der Waals surface area contributed by atoms with Gasteiger partial charge >= 0.3 is 5.97 Å². The highest BCUT2D eigenvalue weighted by Crippen LogP contribution is 2.25. The molecule has 0 bridgehead atoms. The molecule has 0 atom stereocenters. The molecule has 7 nitrogen and oxygen atoms in total. The van der Waals surface area contributed by atoms with E-state index in [4.69, 9.17) is 9.15 Å². The molecule has 3 aromatic rings. The Hall–Kier alpha value is -3.48. The van der Waals surface area contributed by atoms with Crippen LogP contribution in [-0.4, -0.2) is 23.3 Å². The monoisotopic (exact) mass is 381 g/mol. The number of rotatable bonds is 6. The van der Waals surface area contributed by atoms with Gasteiger partial charge in [-0.15, -0.1) is 0 Å². The summed E-state index contributed by atoms with van der Waals surface area (Å²) in [6, 6.07) is 8.03. The first kappa shape index (κ1) is 19.3. The van der Waals surface area contributed by atoms with Gasteiger partial charge in [0.05, 0.1) is 17.6 Å². The minimum Gasteiger partial charge on any atom is -0.464 e. The molecule has 0 aliphatic carbocycles. The van der Waals surface area contributed by atoms with E-state index in [1.54, 1.807) is 6.92 Å². The highest BCUT2D eigenvalue weighted by molar-refractivity contribution is 5.98. The van der Waals surface area contributed by atoms with E-state index < -0.39 is 23.3 Å². The molecular formula is C21H19NO6. The number of benzene rings is 2. The molecule has 0 unspecified atom stereocenters. The van der Waals surface area contributed by atoms with Crippen LogP contribution >= 0.6 is 0 Å². The van der Waals surface area contributed by atoms with Crippen molar-refractivity contribution in [3.63, 3.8) is 0 Å². The van der Waals surface area contributed by atoms with Crippen molar-refractivity contribution in [2.45, 2.75) is 27.2 Å². The average molecular weight is 381 g/mol. The van der Waals surface area contributed by atoms with Gasteiger partial charge in [-0.05, 0) is 44.0 Å². The maximum atomic E-state index is 12.2. The predicted octanol–water partition coefficient (Wildman–Crippen LogP) is 4.23. The Morgan fingerprint density at radius 2 is 1.79 bits per heavy atom. The summed E-state index contributed by atoms with van der Waals surface area (Å²) in [4.78, 5) is 34.8. The maximum Gasteiger partial charge on any atom is 0.310 e. The zero-order valence-electron chi connectivity index (χ0n) is 15.8. The SMILES string of the molecule is Cc1cc2occ(CC(=O)OCC(=O)c3ccc(C)c([N+](=O)[O-])c3)c2cc1C. The lowest BCUT2D eigenvalue weighted by Crippen LogP contribution is -2.15. The van der Waals surface area contributed by atoms with E-state index in [-0.39, 0.29) is 17.7 Å². The minimum atomic E-state index is -0.573. The van der Waals surface area contributed by atoms with Crippen LogP contribution < -0.4 is 0 Å². The number of nitro benzene ring substituents is 1. The fraction of sp³-hybridized carbons (Fsp3) is 0.238. The number of nitrogens with zero attached hydrogens (tertiary/aromatic N) is 1. The molecule has 144 valence electrons.